The van der Waals surface area contributed by atoms with Gasteiger partial charge in [0.15, 0.2) is 11.5 Å². The number of hydrogen-bond acceptors (Lipinski definition) is 6. The van der Waals surface area contributed by atoms with E-state index in [1.165, 1.54) is 0 Å². The molecule has 0 unspecified atom stereocenters. The molecule has 1 atom stereocenters. The topological polar surface area (TPSA) is 74.6 Å². The normalized spacial score (nSPS) is 15.6. The maximum atomic E-state index is 12.6. The number of ether oxygens (including phenoxy) is 3. The first-order valence-electron chi connectivity index (χ1n) is 9.85. The molecule has 0 aliphatic carbocycles. The van der Waals surface area contributed by atoms with Crippen molar-refractivity contribution in [3.05, 3.63) is 58.8 Å². The number of thioether (sulfide) groups is 1. The summed E-state index contributed by atoms with van der Waals surface area (Å²) in [6, 6.07) is 11.9. The van der Waals surface area contributed by atoms with Crippen molar-refractivity contribution in [2.24, 2.45) is 0 Å². The van der Waals surface area contributed by atoms with E-state index < -0.39 is 0 Å². The van der Waals surface area contributed by atoms with Gasteiger partial charge in [-0.25, -0.2) is 4.68 Å². The lowest BCUT2D eigenvalue weighted by atomic mass is 10.0. The largest absolute Gasteiger partial charge is 0.493 e. The molecule has 0 saturated carbocycles. The Morgan fingerprint density at radius 1 is 1.06 bits per heavy atom. The molecule has 1 N–H and O–H groups in total. The van der Waals surface area contributed by atoms with Crippen LogP contribution in [-0.2, 0) is 4.79 Å². The standard InChI is InChI=1S/C23H25N3O4S/c1-13-8-6-7-9-16(13)26-23-20(14(2)25-26)22(31-12-19(27)24-23)15-10-17(28-3)21(30-5)18(11-15)29-4/h6-11,22H,12H2,1-5H3,(H,24,27)/t22-/m1/s1. The summed E-state index contributed by atoms with van der Waals surface area (Å²) >= 11 is 1.55. The van der Waals surface area contributed by atoms with E-state index in [9.17, 15) is 4.79 Å². The molecule has 0 fully saturated rings. The molecule has 2 aromatic carbocycles. The fourth-order valence-corrected chi connectivity index (χ4v) is 5.04. The molecule has 1 aliphatic heterocycles. The molecular formula is C23H25N3O4S. The minimum absolute atomic E-state index is 0.0593. The van der Waals surface area contributed by atoms with E-state index in [2.05, 4.69) is 5.32 Å². The van der Waals surface area contributed by atoms with Crippen molar-refractivity contribution in [2.45, 2.75) is 19.1 Å². The third-order valence-electron chi connectivity index (χ3n) is 5.34. The lowest BCUT2D eigenvalue weighted by molar-refractivity contribution is -0.113. The van der Waals surface area contributed by atoms with Gasteiger partial charge >= 0.3 is 0 Å². The first kappa shape index (κ1) is 21.1. The van der Waals surface area contributed by atoms with E-state index in [1.54, 1.807) is 33.1 Å². The van der Waals surface area contributed by atoms with Crippen LogP contribution in [0.4, 0.5) is 5.82 Å². The van der Waals surface area contributed by atoms with Gasteiger partial charge in [-0.05, 0) is 43.2 Å². The lowest BCUT2D eigenvalue weighted by Crippen LogP contribution is -2.16. The smallest absolute Gasteiger partial charge is 0.235 e. The Balaban J connectivity index is 1.92. The van der Waals surface area contributed by atoms with Gasteiger partial charge in [-0.3, -0.25) is 4.79 Å². The number of hydrogen-bond donors (Lipinski definition) is 1. The van der Waals surface area contributed by atoms with Crippen LogP contribution in [0.15, 0.2) is 36.4 Å². The average Bonchev–Trinajstić information content (AvgIpc) is 2.97. The number of rotatable bonds is 5. The molecule has 8 heteroatoms. The van der Waals surface area contributed by atoms with Crippen LogP contribution in [0.2, 0.25) is 0 Å². The Hall–Kier alpha value is -3.13. The molecule has 1 aromatic heterocycles. The lowest BCUT2D eigenvalue weighted by Gasteiger charge is -2.19. The van der Waals surface area contributed by atoms with Crippen LogP contribution in [0, 0.1) is 13.8 Å². The number of carbonyl (C=O) groups is 1. The number of aryl methyl sites for hydroxylation is 2. The van der Waals surface area contributed by atoms with Gasteiger partial charge in [0.2, 0.25) is 11.7 Å². The average molecular weight is 440 g/mol. The molecule has 0 spiro atoms. The van der Waals surface area contributed by atoms with E-state index >= 15 is 0 Å². The number of carbonyl (C=O) groups excluding carboxylic acids is 1. The number of benzene rings is 2. The van der Waals surface area contributed by atoms with Crippen molar-refractivity contribution in [1.82, 2.24) is 9.78 Å². The molecular weight excluding hydrogens is 414 g/mol. The summed E-state index contributed by atoms with van der Waals surface area (Å²) in [6.45, 7) is 4.00. The zero-order valence-electron chi connectivity index (χ0n) is 18.2. The van der Waals surface area contributed by atoms with E-state index in [0.29, 0.717) is 28.8 Å². The van der Waals surface area contributed by atoms with E-state index in [-0.39, 0.29) is 11.2 Å². The van der Waals surface area contributed by atoms with Crippen LogP contribution in [0.25, 0.3) is 5.69 Å². The van der Waals surface area contributed by atoms with Gasteiger partial charge in [0.05, 0.1) is 43.7 Å². The number of nitrogens with one attached hydrogen (secondary N) is 1. The number of nitrogens with zero attached hydrogens (tertiary/aromatic N) is 2. The van der Waals surface area contributed by atoms with Gasteiger partial charge in [0, 0.05) is 5.56 Å². The monoisotopic (exact) mass is 439 g/mol. The van der Waals surface area contributed by atoms with Gasteiger partial charge < -0.3 is 19.5 Å². The highest BCUT2D eigenvalue weighted by atomic mass is 32.2. The van der Waals surface area contributed by atoms with Gasteiger partial charge in [-0.1, -0.05) is 18.2 Å². The van der Waals surface area contributed by atoms with Crippen LogP contribution >= 0.6 is 11.8 Å². The van der Waals surface area contributed by atoms with Crippen molar-refractivity contribution < 1.29 is 19.0 Å². The van der Waals surface area contributed by atoms with Gasteiger partial charge in [0.25, 0.3) is 0 Å². The number of aromatic nitrogens is 2. The molecule has 3 aromatic rings. The zero-order chi connectivity index (χ0) is 22.1. The first-order chi connectivity index (χ1) is 15.0. The second-order valence-corrected chi connectivity index (χ2v) is 8.34. The number of para-hydroxylation sites is 1. The third-order valence-corrected chi connectivity index (χ3v) is 6.61. The van der Waals surface area contributed by atoms with Crippen molar-refractivity contribution in [2.75, 3.05) is 32.4 Å². The summed E-state index contributed by atoms with van der Waals surface area (Å²) in [5.74, 6) is 2.65. The molecule has 0 bridgehead atoms. The van der Waals surface area contributed by atoms with Crippen LogP contribution in [0.1, 0.15) is 27.6 Å². The minimum Gasteiger partial charge on any atom is -0.493 e. The Morgan fingerprint density at radius 2 is 1.74 bits per heavy atom. The van der Waals surface area contributed by atoms with Gasteiger partial charge in [0.1, 0.15) is 5.82 Å². The molecule has 0 saturated heterocycles. The molecule has 162 valence electrons. The first-order valence-corrected chi connectivity index (χ1v) is 10.9. The van der Waals surface area contributed by atoms with Crippen molar-refractivity contribution in [1.29, 1.82) is 0 Å². The number of anilines is 1. The molecule has 31 heavy (non-hydrogen) atoms. The number of amides is 1. The summed E-state index contributed by atoms with van der Waals surface area (Å²) < 4.78 is 18.4. The molecule has 0 radical (unpaired) electrons. The third kappa shape index (κ3) is 3.72. The van der Waals surface area contributed by atoms with E-state index in [0.717, 1.165) is 28.1 Å². The maximum Gasteiger partial charge on any atom is 0.235 e. The Kier molecular flexibility index (Phi) is 5.82. The maximum absolute atomic E-state index is 12.6. The number of fused-ring (bicyclic) bond motifs is 1. The fraction of sp³-hybridized carbons (Fsp3) is 0.304. The summed E-state index contributed by atoms with van der Waals surface area (Å²) in [5.41, 5.74) is 4.77. The van der Waals surface area contributed by atoms with Crippen molar-refractivity contribution in [3.8, 4) is 22.9 Å². The summed E-state index contributed by atoms with van der Waals surface area (Å²) in [5, 5.41) is 7.73. The Morgan fingerprint density at radius 3 is 2.35 bits per heavy atom. The van der Waals surface area contributed by atoms with Crippen molar-refractivity contribution in [3.63, 3.8) is 0 Å². The summed E-state index contributed by atoms with van der Waals surface area (Å²) in [6.07, 6.45) is 0. The second kappa shape index (κ2) is 8.55. The zero-order valence-corrected chi connectivity index (χ0v) is 19.0. The van der Waals surface area contributed by atoms with Crippen LogP contribution in [0.3, 0.4) is 0 Å². The summed E-state index contributed by atoms with van der Waals surface area (Å²) in [4.78, 5) is 12.6. The Bertz CT molecular complexity index is 1120. The fourth-order valence-electron chi connectivity index (χ4n) is 3.88. The minimum atomic E-state index is -0.138. The highest BCUT2D eigenvalue weighted by Crippen LogP contribution is 2.48. The molecule has 1 aliphatic rings. The second-order valence-electron chi connectivity index (χ2n) is 7.24. The van der Waals surface area contributed by atoms with Crippen LogP contribution in [-0.4, -0.2) is 42.8 Å². The van der Waals surface area contributed by atoms with Crippen LogP contribution < -0.4 is 19.5 Å². The van der Waals surface area contributed by atoms with Crippen LogP contribution in [0.5, 0.6) is 17.2 Å². The van der Waals surface area contributed by atoms with Crippen molar-refractivity contribution >= 4 is 23.5 Å². The predicted molar refractivity (Wildman–Crippen MR) is 122 cm³/mol. The SMILES string of the molecule is COc1cc([C@H]2SCC(=O)Nc3c2c(C)nn3-c2ccccc2C)cc(OC)c1OC. The van der Waals surface area contributed by atoms with Gasteiger partial charge in [-0.15, -0.1) is 11.8 Å². The highest BCUT2D eigenvalue weighted by Gasteiger charge is 2.32. The number of methoxy groups -OCH3 is 3. The van der Waals surface area contributed by atoms with E-state index in [1.807, 2.05) is 54.9 Å². The quantitative estimate of drug-likeness (QED) is 0.639. The molecule has 2 heterocycles. The molecule has 4 rings (SSSR count). The highest BCUT2D eigenvalue weighted by molar-refractivity contribution is 8.00. The van der Waals surface area contributed by atoms with E-state index in [4.69, 9.17) is 19.3 Å². The molecule has 7 nitrogen and oxygen atoms in total. The predicted octanol–water partition coefficient (Wildman–Crippen LogP) is 4.29. The Labute approximate surface area is 185 Å². The molecule has 1 amide bonds. The summed E-state index contributed by atoms with van der Waals surface area (Å²) in [7, 11) is 4.77. The van der Waals surface area contributed by atoms with Gasteiger partial charge in [-0.2, -0.15) is 5.10 Å².